The monoisotopic (exact) mass is 983 g/mol. The molecule has 402 valence electrons. The van der Waals surface area contributed by atoms with Gasteiger partial charge < -0.3 is 14.2 Å². The maximum Gasteiger partial charge on any atom is 0.306 e. The highest BCUT2D eigenvalue weighted by Gasteiger charge is 2.19. The van der Waals surface area contributed by atoms with E-state index in [9.17, 15) is 14.4 Å². The Morgan fingerprint density at radius 3 is 0.873 bits per heavy atom. The average molecular weight is 984 g/mol. The van der Waals surface area contributed by atoms with Crippen molar-refractivity contribution in [3.8, 4) is 0 Å². The van der Waals surface area contributed by atoms with Crippen LogP contribution in [-0.2, 0) is 28.6 Å². The van der Waals surface area contributed by atoms with Crippen LogP contribution >= 0.6 is 0 Å². The largest absolute Gasteiger partial charge is 0.462 e. The number of esters is 3. The lowest BCUT2D eigenvalue weighted by molar-refractivity contribution is -0.167. The molecule has 0 unspecified atom stereocenters. The lowest BCUT2D eigenvalue weighted by atomic mass is 10.1. The SMILES string of the molecule is CC/C=C\C/C=C\C/C=C\CCCCCCCC(=O)OC[C@H](COC(=O)CCCCC/C=C\C/C=C\C/C=C\C/C=C\CCCCC)OC(=O)CCCCCCCC/C=C\C/C=C\C/C=C\CCCCC. The van der Waals surface area contributed by atoms with Crippen molar-refractivity contribution in [2.24, 2.45) is 0 Å². The van der Waals surface area contributed by atoms with Gasteiger partial charge in [-0.2, -0.15) is 0 Å². The molecule has 0 aromatic rings. The van der Waals surface area contributed by atoms with Gasteiger partial charge in [-0.05, 0) is 135 Å². The van der Waals surface area contributed by atoms with Gasteiger partial charge in [0.15, 0.2) is 6.10 Å². The molecule has 0 saturated carbocycles. The van der Waals surface area contributed by atoms with E-state index in [0.717, 1.165) is 148 Å². The molecule has 71 heavy (non-hydrogen) atoms. The minimum absolute atomic E-state index is 0.106. The zero-order valence-electron chi connectivity index (χ0n) is 45.9. The van der Waals surface area contributed by atoms with Gasteiger partial charge in [-0.25, -0.2) is 0 Å². The molecule has 0 aromatic heterocycles. The van der Waals surface area contributed by atoms with Crippen molar-refractivity contribution >= 4 is 17.9 Å². The van der Waals surface area contributed by atoms with Crippen LogP contribution in [0.4, 0.5) is 0 Å². The van der Waals surface area contributed by atoms with Crippen molar-refractivity contribution < 1.29 is 28.6 Å². The van der Waals surface area contributed by atoms with Gasteiger partial charge in [0.2, 0.25) is 0 Å². The first-order valence-electron chi connectivity index (χ1n) is 29.0. The molecule has 6 heteroatoms. The molecule has 0 fully saturated rings. The van der Waals surface area contributed by atoms with Crippen LogP contribution in [0.25, 0.3) is 0 Å². The summed E-state index contributed by atoms with van der Waals surface area (Å²) in [7, 11) is 0. The summed E-state index contributed by atoms with van der Waals surface area (Å²) >= 11 is 0. The Kier molecular flexibility index (Phi) is 54.9. The van der Waals surface area contributed by atoms with Crippen LogP contribution in [0.5, 0.6) is 0 Å². The van der Waals surface area contributed by atoms with Gasteiger partial charge in [0, 0.05) is 19.3 Å². The minimum atomic E-state index is -0.810. The Morgan fingerprint density at radius 2 is 0.549 bits per heavy atom. The van der Waals surface area contributed by atoms with Crippen LogP contribution < -0.4 is 0 Å². The quantitative estimate of drug-likeness (QED) is 0.0261. The number of rotatable bonds is 51. The molecule has 0 rings (SSSR count). The molecule has 0 aliphatic carbocycles. The van der Waals surface area contributed by atoms with Crippen LogP contribution in [0.3, 0.4) is 0 Å². The molecule has 0 radical (unpaired) electrons. The highest BCUT2D eigenvalue weighted by Crippen LogP contribution is 2.13. The summed E-state index contributed by atoms with van der Waals surface area (Å²) in [4.78, 5) is 38.2. The molecular formula is C65H106O6. The second-order valence-corrected chi connectivity index (χ2v) is 18.8. The maximum absolute atomic E-state index is 12.9. The second kappa shape index (κ2) is 58.4. The molecule has 0 aromatic carbocycles. The lowest BCUT2D eigenvalue weighted by Gasteiger charge is -2.18. The van der Waals surface area contributed by atoms with Crippen LogP contribution in [0.1, 0.15) is 252 Å². The molecule has 0 bridgehead atoms. The third kappa shape index (κ3) is 56.6. The van der Waals surface area contributed by atoms with Crippen molar-refractivity contribution in [1.82, 2.24) is 0 Å². The van der Waals surface area contributed by atoms with E-state index in [1.165, 1.54) is 64.2 Å². The summed E-state index contributed by atoms with van der Waals surface area (Å²) in [6.45, 7) is 6.42. The normalized spacial score (nSPS) is 13.0. The summed E-state index contributed by atoms with van der Waals surface area (Å²) in [5.74, 6) is -0.967. The summed E-state index contributed by atoms with van der Waals surface area (Å²) in [6.07, 6.45) is 80.4. The molecule has 1 atom stereocenters. The fourth-order valence-electron chi connectivity index (χ4n) is 7.56. The smallest absolute Gasteiger partial charge is 0.306 e. The Hall–Kier alpha value is -4.19. The molecule has 0 saturated heterocycles. The zero-order valence-corrected chi connectivity index (χ0v) is 45.9. The highest BCUT2D eigenvalue weighted by molar-refractivity contribution is 5.71. The van der Waals surface area contributed by atoms with E-state index in [1.807, 2.05) is 0 Å². The molecule has 0 aliphatic heterocycles. The lowest BCUT2D eigenvalue weighted by Crippen LogP contribution is -2.30. The van der Waals surface area contributed by atoms with E-state index in [4.69, 9.17) is 14.2 Å². The van der Waals surface area contributed by atoms with Gasteiger partial charge in [0.25, 0.3) is 0 Å². The Morgan fingerprint density at radius 1 is 0.296 bits per heavy atom. The number of ether oxygens (including phenoxy) is 3. The number of carbonyl (C=O) groups excluding carboxylic acids is 3. The van der Waals surface area contributed by atoms with Crippen molar-refractivity contribution in [3.05, 3.63) is 122 Å². The molecule has 0 amide bonds. The van der Waals surface area contributed by atoms with E-state index < -0.39 is 6.10 Å². The molecule has 0 heterocycles. The molecular weight excluding hydrogens is 877 g/mol. The van der Waals surface area contributed by atoms with E-state index in [-0.39, 0.29) is 31.1 Å². The number of unbranched alkanes of at least 4 members (excludes halogenated alkanes) is 20. The van der Waals surface area contributed by atoms with Crippen molar-refractivity contribution in [2.75, 3.05) is 13.2 Å². The summed E-state index contributed by atoms with van der Waals surface area (Å²) < 4.78 is 16.8. The molecule has 0 N–H and O–H groups in total. The van der Waals surface area contributed by atoms with Crippen LogP contribution in [-0.4, -0.2) is 37.2 Å². The summed E-state index contributed by atoms with van der Waals surface area (Å²) in [6, 6.07) is 0. The predicted octanol–water partition coefficient (Wildman–Crippen LogP) is 19.6. The van der Waals surface area contributed by atoms with Gasteiger partial charge in [0.05, 0.1) is 0 Å². The predicted molar refractivity (Wildman–Crippen MR) is 306 cm³/mol. The third-order valence-corrected chi connectivity index (χ3v) is 11.9. The fourth-order valence-corrected chi connectivity index (χ4v) is 7.56. The first-order chi connectivity index (χ1) is 35.0. The van der Waals surface area contributed by atoms with Crippen molar-refractivity contribution in [3.63, 3.8) is 0 Å². The van der Waals surface area contributed by atoms with Crippen LogP contribution in [0, 0.1) is 0 Å². The van der Waals surface area contributed by atoms with Gasteiger partial charge in [-0.3, -0.25) is 14.4 Å². The van der Waals surface area contributed by atoms with E-state index in [1.54, 1.807) is 0 Å². The minimum Gasteiger partial charge on any atom is -0.462 e. The number of carbonyl (C=O) groups is 3. The second-order valence-electron chi connectivity index (χ2n) is 18.8. The van der Waals surface area contributed by atoms with E-state index in [0.29, 0.717) is 19.3 Å². The van der Waals surface area contributed by atoms with Crippen molar-refractivity contribution in [2.45, 2.75) is 258 Å². The zero-order chi connectivity index (χ0) is 51.4. The van der Waals surface area contributed by atoms with Gasteiger partial charge in [-0.1, -0.05) is 219 Å². The highest BCUT2D eigenvalue weighted by atomic mass is 16.6. The number of hydrogen-bond donors (Lipinski definition) is 0. The topological polar surface area (TPSA) is 78.9 Å². The first-order valence-corrected chi connectivity index (χ1v) is 29.0. The van der Waals surface area contributed by atoms with E-state index in [2.05, 4.69) is 142 Å². The standard InChI is InChI=1S/C65H106O6/c1-4-7-10-13-16-19-22-25-28-30-32-34-37-40-43-46-49-52-55-58-64(67)70-61-62(60-69-63(66)57-54-51-48-45-42-39-36-27-24-21-18-15-12-9-6-3)71-65(68)59-56-53-50-47-44-41-38-35-33-31-29-26-23-20-17-14-11-8-5-2/h9,12,16-21,25-29,32-36,40,43,62H,4-8,10-11,13-15,22-24,30-31,37-39,41-42,44-61H2,1-3H3/b12-9-,19-16-,20-17-,21-18-,28-25-,29-26-,34-32-,35-33-,36-27-,43-40-/t62-/m1/s1. The molecule has 0 spiro atoms. The van der Waals surface area contributed by atoms with Gasteiger partial charge in [-0.15, -0.1) is 0 Å². The van der Waals surface area contributed by atoms with Crippen LogP contribution in [0.15, 0.2) is 122 Å². The first kappa shape index (κ1) is 66.8. The average Bonchev–Trinajstić information content (AvgIpc) is 3.37. The van der Waals surface area contributed by atoms with Gasteiger partial charge in [0.1, 0.15) is 13.2 Å². The van der Waals surface area contributed by atoms with Crippen LogP contribution in [0.2, 0.25) is 0 Å². The Labute approximate surface area is 437 Å². The summed E-state index contributed by atoms with van der Waals surface area (Å²) in [5, 5.41) is 0. The Bertz CT molecular complexity index is 1500. The third-order valence-electron chi connectivity index (χ3n) is 11.9. The number of hydrogen-bond acceptors (Lipinski definition) is 6. The summed E-state index contributed by atoms with van der Waals surface area (Å²) in [5.41, 5.74) is 0. The van der Waals surface area contributed by atoms with Crippen molar-refractivity contribution in [1.29, 1.82) is 0 Å². The fraction of sp³-hybridized carbons (Fsp3) is 0.646. The molecule has 6 nitrogen and oxygen atoms in total. The maximum atomic E-state index is 12.9. The van der Waals surface area contributed by atoms with E-state index >= 15 is 0 Å². The molecule has 0 aliphatic rings. The Balaban J connectivity index is 4.52. The number of allylic oxidation sites excluding steroid dienone is 20. The van der Waals surface area contributed by atoms with Gasteiger partial charge >= 0.3 is 17.9 Å².